The Labute approximate surface area is 114 Å². The molecule has 0 bridgehead atoms. The first kappa shape index (κ1) is 15.4. The molecule has 0 saturated heterocycles. The lowest BCUT2D eigenvalue weighted by Crippen LogP contribution is -2.35. The number of carbonyl (C=O) groups is 1. The molecule has 1 aromatic heterocycles. The van der Waals surface area contributed by atoms with Gasteiger partial charge in [0.1, 0.15) is 5.75 Å². The van der Waals surface area contributed by atoms with Crippen molar-refractivity contribution in [2.75, 3.05) is 20.2 Å². The molecule has 5 nitrogen and oxygen atoms in total. The van der Waals surface area contributed by atoms with E-state index in [2.05, 4.69) is 29.5 Å². The molecule has 106 valence electrons. The molecule has 0 atom stereocenters. The predicted molar refractivity (Wildman–Crippen MR) is 75.1 cm³/mol. The standard InChI is InChI=1S/C14H23N3O2/c1-10(2)7-16-14(18)9-15-8-12-6-13(19-4)5-11(3)17-12/h5-6,10,15H,7-9H2,1-4H3,(H,16,18). The van der Waals surface area contributed by atoms with Crippen LogP contribution in [0.2, 0.25) is 0 Å². The minimum Gasteiger partial charge on any atom is -0.497 e. The van der Waals surface area contributed by atoms with Crippen LogP contribution in [0.3, 0.4) is 0 Å². The molecule has 5 heteroatoms. The van der Waals surface area contributed by atoms with Crippen LogP contribution >= 0.6 is 0 Å². The van der Waals surface area contributed by atoms with E-state index in [4.69, 9.17) is 4.74 Å². The summed E-state index contributed by atoms with van der Waals surface area (Å²) in [5.41, 5.74) is 1.77. The van der Waals surface area contributed by atoms with Crippen molar-refractivity contribution in [3.05, 3.63) is 23.5 Å². The average Bonchev–Trinajstić information content (AvgIpc) is 2.35. The maximum absolute atomic E-state index is 11.5. The zero-order chi connectivity index (χ0) is 14.3. The van der Waals surface area contributed by atoms with E-state index >= 15 is 0 Å². The average molecular weight is 265 g/mol. The van der Waals surface area contributed by atoms with Crippen LogP contribution in [0.5, 0.6) is 5.75 Å². The maximum Gasteiger partial charge on any atom is 0.233 e. The molecule has 0 aliphatic heterocycles. The molecule has 0 unspecified atom stereocenters. The number of aryl methyl sites for hydroxylation is 1. The molecule has 1 rings (SSSR count). The van der Waals surface area contributed by atoms with E-state index in [9.17, 15) is 4.79 Å². The van der Waals surface area contributed by atoms with Crippen LogP contribution in [-0.4, -0.2) is 31.1 Å². The molecule has 0 saturated carbocycles. The minimum atomic E-state index is 0.00770. The summed E-state index contributed by atoms with van der Waals surface area (Å²) in [6.45, 7) is 7.60. The number of aromatic nitrogens is 1. The largest absolute Gasteiger partial charge is 0.497 e. The number of nitrogens with one attached hydrogen (secondary N) is 2. The van der Waals surface area contributed by atoms with E-state index in [0.717, 1.165) is 17.1 Å². The predicted octanol–water partition coefficient (Wildman–Crippen LogP) is 1.26. The lowest BCUT2D eigenvalue weighted by Gasteiger charge is -2.09. The van der Waals surface area contributed by atoms with Gasteiger partial charge in [0.25, 0.3) is 0 Å². The summed E-state index contributed by atoms with van der Waals surface area (Å²) in [6.07, 6.45) is 0. The molecular weight excluding hydrogens is 242 g/mol. The van der Waals surface area contributed by atoms with Gasteiger partial charge in [-0.25, -0.2) is 0 Å². The Bertz CT molecular complexity index is 419. The Morgan fingerprint density at radius 1 is 1.42 bits per heavy atom. The van der Waals surface area contributed by atoms with E-state index < -0.39 is 0 Å². The SMILES string of the molecule is COc1cc(C)nc(CNCC(=O)NCC(C)C)c1. The van der Waals surface area contributed by atoms with Gasteiger partial charge >= 0.3 is 0 Å². The second-order valence-corrected chi connectivity index (χ2v) is 4.94. The topological polar surface area (TPSA) is 63.2 Å². The molecular formula is C14H23N3O2. The number of carbonyl (C=O) groups excluding carboxylic acids is 1. The number of rotatable bonds is 7. The number of ether oxygens (including phenoxy) is 1. The summed E-state index contributed by atoms with van der Waals surface area (Å²) in [4.78, 5) is 15.9. The molecule has 19 heavy (non-hydrogen) atoms. The van der Waals surface area contributed by atoms with Gasteiger partial charge in [-0.3, -0.25) is 9.78 Å². The smallest absolute Gasteiger partial charge is 0.233 e. The first-order valence-corrected chi connectivity index (χ1v) is 6.50. The minimum absolute atomic E-state index is 0.00770. The molecule has 1 aromatic rings. The van der Waals surface area contributed by atoms with Gasteiger partial charge in [0.15, 0.2) is 0 Å². The zero-order valence-electron chi connectivity index (χ0n) is 12.1. The fourth-order valence-corrected chi connectivity index (χ4v) is 1.60. The maximum atomic E-state index is 11.5. The molecule has 0 aliphatic carbocycles. The molecule has 0 radical (unpaired) electrons. The second kappa shape index (κ2) is 7.74. The van der Waals surface area contributed by atoms with Crippen LogP contribution in [0.25, 0.3) is 0 Å². The van der Waals surface area contributed by atoms with Crippen molar-refractivity contribution in [3.8, 4) is 5.75 Å². The van der Waals surface area contributed by atoms with Crippen LogP contribution in [0.15, 0.2) is 12.1 Å². The Balaban J connectivity index is 2.36. The van der Waals surface area contributed by atoms with E-state index in [-0.39, 0.29) is 5.91 Å². The van der Waals surface area contributed by atoms with E-state index in [0.29, 0.717) is 25.6 Å². The normalized spacial score (nSPS) is 10.6. The number of amides is 1. The third kappa shape index (κ3) is 6.20. The van der Waals surface area contributed by atoms with Gasteiger partial charge in [0.2, 0.25) is 5.91 Å². The highest BCUT2D eigenvalue weighted by atomic mass is 16.5. The molecule has 2 N–H and O–H groups in total. The highest BCUT2D eigenvalue weighted by molar-refractivity contribution is 5.77. The third-order valence-corrected chi connectivity index (χ3v) is 2.51. The van der Waals surface area contributed by atoms with Crippen molar-refractivity contribution in [3.63, 3.8) is 0 Å². The van der Waals surface area contributed by atoms with E-state index in [1.165, 1.54) is 0 Å². The van der Waals surface area contributed by atoms with Gasteiger partial charge in [-0.15, -0.1) is 0 Å². The summed E-state index contributed by atoms with van der Waals surface area (Å²) in [5, 5.41) is 5.93. The Hall–Kier alpha value is -1.62. The van der Waals surface area contributed by atoms with Crippen molar-refractivity contribution in [1.82, 2.24) is 15.6 Å². The number of pyridine rings is 1. The van der Waals surface area contributed by atoms with Crippen molar-refractivity contribution in [2.45, 2.75) is 27.3 Å². The number of nitrogens with zero attached hydrogens (tertiary/aromatic N) is 1. The summed E-state index contributed by atoms with van der Waals surface area (Å²) in [5.74, 6) is 1.26. The first-order valence-electron chi connectivity index (χ1n) is 6.50. The quantitative estimate of drug-likeness (QED) is 0.779. The van der Waals surface area contributed by atoms with Gasteiger partial charge in [-0.1, -0.05) is 13.8 Å². The monoisotopic (exact) mass is 265 g/mol. The van der Waals surface area contributed by atoms with Gasteiger partial charge in [-0.2, -0.15) is 0 Å². The van der Waals surface area contributed by atoms with Crippen LogP contribution in [0, 0.1) is 12.8 Å². The number of hydrogen-bond donors (Lipinski definition) is 2. The molecule has 0 aromatic carbocycles. The third-order valence-electron chi connectivity index (χ3n) is 2.51. The van der Waals surface area contributed by atoms with E-state index in [1.54, 1.807) is 7.11 Å². The van der Waals surface area contributed by atoms with Crippen LogP contribution in [0.4, 0.5) is 0 Å². The molecule has 0 fully saturated rings. The molecule has 0 aliphatic rings. The molecule has 0 spiro atoms. The number of hydrogen-bond acceptors (Lipinski definition) is 4. The van der Waals surface area contributed by atoms with Crippen LogP contribution in [-0.2, 0) is 11.3 Å². The lowest BCUT2D eigenvalue weighted by molar-refractivity contribution is -0.120. The lowest BCUT2D eigenvalue weighted by atomic mass is 10.2. The Kier molecular flexibility index (Phi) is 6.29. The van der Waals surface area contributed by atoms with E-state index in [1.807, 2.05) is 19.1 Å². The van der Waals surface area contributed by atoms with Gasteiger partial charge in [0, 0.05) is 30.9 Å². The van der Waals surface area contributed by atoms with Crippen molar-refractivity contribution < 1.29 is 9.53 Å². The van der Waals surface area contributed by atoms with Gasteiger partial charge in [-0.05, 0) is 12.8 Å². The zero-order valence-corrected chi connectivity index (χ0v) is 12.1. The highest BCUT2D eigenvalue weighted by Crippen LogP contribution is 2.12. The van der Waals surface area contributed by atoms with Crippen molar-refractivity contribution >= 4 is 5.91 Å². The Morgan fingerprint density at radius 2 is 2.16 bits per heavy atom. The Morgan fingerprint density at radius 3 is 2.79 bits per heavy atom. The first-order chi connectivity index (χ1) is 9.01. The second-order valence-electron chi connectivity index (χ2n) is 4.94. The fourth-order valence-electron chi connectivity index (χ4n) is 1.60. The fraction of sp³-hybridized carbons (Fsp3) is 0.571. The van der Waals surface area contributed by atoms with Gasteiger partial charge < -0.3 is 15.4 Å². The number of methoxy groups -OCH3 is 1. The molecule has 1 heterocycles. The van der Waals surface area contributed by atoms with Crippen LogP contribution in [0.1, 0.15) is 25.2 Å². The highest BCUT2D eigenvalue weighted by Gasteiger charge is 2.04. The van der Waals surface area contributed by atoms with Gasteiger partial charge in [0.05, 0.1) is 19.3 Å². The summed E-state index contributed by atoms with van der Waals surface area (Å²) >= 11 is 0. The summed E-state index contributed by atoms with van der Waals surface area (Å²) < 4.78 is 5.18. The molecule has 1 amide bonds. The summed E-state index contributed by atoms with van der Waals surface area (Å²) in [7, 11) is 1.63. The van der Waals surface area contributed by atoms with Crippen molar-refractivity contribution in [2.24, 2.45) is 5.92 Å². The van der Waals surface area contributed by atoms with Crippen LogP contribution < -0.4 is 15.4 Å². The summed E-state index contributed by atoms with van der Waals surface area (Å²) in [6, 6.07) is 3.74. The van der Waals surface area contributed by atoms with Crippen molar-refractivity contribution in [1.29, 1.82) is 0 Å².